The first kappa shape index (κ1) is 9.49. The summed E-state index contributed by atoms with van der Waals surface area (Å²) in [7, 11) is 0. The fraction of sp³-hybridized carbons (Fsp3) is 0.111. The van der Waals surface area contributed by atoms with Gasteiger partial charge in [0.1, 0.15) is 5.75 Å². The van der Waals surface area contributed by atoms with E-state index in [1.165, 1.54) is 0 Å². The van der Waals surface area contributed by atoms with Gasteiger partial charge in [-0.15, -0.1) is 0 Å². The van der Waals surface area contributed by atoms with Crippen molar-refractivity contribution in [2.24, 2.45) is 0 Å². The quantitative estimate of drug-likeness (QED) is 0.704. The van der Waals surface area contributed by atoms with Crippen molar-refractivity contribution < 1.29 is 5.11 Å². The molecule has 0 aliphatic rings. The summed E-state index contributed by atoms with van der Waals surface area (Å²) in [5, 5.41) is 9.59. The smallest absolute Gasteiger partial charge is 0.134 e. The minimum absolute atomic E-state index is 0.109. The van der Waals surface area contributed by atoms with Crippen LogP contribution in [0.3, 0.4) is 0 Å². The molecular weight excluding hydrogens is 192 g/mol. The number of benzene rings is 1. The molecular formula is C9H9ClOS. The molecule has 0 spiro atoms. The van der Waals surface area contributed by atoms with Gasteiger partial charge in [-0.1, -0.05) is 29.8 Å². The highest BCUT2D eigenvalue weighted by Gasteiger charge is 1.96. The molecule has 0 fully saturated rings. The Morgan fingerprint density at radius 2 is 2.25 bits per heavy atom. The molecule has 64 valence electrons. The van der Waals surface area contributed by atoms with Crippen molar-refractivity contribution in [2.45, 2.75) is 0 Å². The molecule has 0 aliphatic heterocycles. The third kappa shape index (κ3) is 2.47. The molecule has 0 atom stereocenters. The van der Waals surface area contributed by atoms with E-state index < -0.39 is 0 Å². The Labute approximate surface area is 82.1 Å². The zero-order valence-electron chi connectivity index (χ0n) is 6.37. The van der Waals surface area contributed by atoms with E-state index in [0.29, 0.717) is 10.8 Å². The zero-order chi connectivity index (χ0) is 8.97. The molecule has 0 unspecified atom stereocenters. The summed E-state index contributed by atoms with van der Waals surface area (Å²) in [4.78, 5) is 0. The van der Waals surface area contributed by atoms with Crippen LogP contribution in [-0.4, -0.2) is 10.9 Å². The summed E-state index contributed by atoms with van der Waals surface area (Å²) < 4.78 is 0. The summed E-state index contributed by atoms with van der Waals surface area (Å²) in [5.74, 6) is 0.793. The van der Waals surface area contributed by atoms with Crippen LogP contribution in [0.15, 0.2) is 24.3 Å². The second-order valence-electron chi connectivity index (χ2n) is 2.30. The van der Waals surface area contributed by atoms with E-state index in [2.05, 4.69) is 12.6 Å². The average Bonchev–Trinajstić information content (AvgIpc) is 2.07. The van der Waals surface area contributed by atoms with Crippen LogP contribution in [0, 0.1) is 0 Å². The highest BCUT2D eigenvalue weighted by atomic mass is 35.5. The third-order valence-electron chi connectivity index (χ3n) is 1.39. The first-order valence-corrected chi connectivity index (χ1v) is 4.51. The molecule has 1 aromatic rings. The largest absolute Gasteiger partial charge is 0.506 e. The molecule has 0 amide bonds. The van der Waals surface area contributed by atoms with Gasteiger partial charge in [0.05, 0.1) is 5.02 Å². The highest BCUT2D eigenvalue weighted by Crippen LogP contribution is 2.24. The summed E-state index contributed by atoms with van der Waals surface area (Å²) in [5.41, 5.74) is 0.922. The number of halogens is 1. The molecule has 1 N–H and O–H groups in total. The predicted octanol–water partition coefficient (Wildman–Crippen LogP) is 2.99. The van der Waals surface area contributed by atoms with Crippen molar-refractivity contribution in [1.82, 2.24) is 0 Å². The van der Waals surface area contributed by atoms with Gasteiger partial charge in [-0.05, 0) is 17.7 Å². The molecule has 3 heteroatoms. The number of rotatable bonds is 2. The van der Waals surface area contributed by atoms with E-state index in [9.17, 15) is 5.11 Å². The van der Waals surface area contributed by atoms with E-state index in [4.69, 9.17) is 11.6 Å². The molecule has 0 saturated carbocycles. The first-order chi connectivity index (χ1) is 5.74. The second-order valence-corrected chi connectivity index (χ2v) is 3.07. The van der Waals surface area contributed by atoms with Crippen molar-refractivity contribution in [2.75, 3.05) is 5.75 Å². The Bertz CT molecular complexity index is 297. The minimum atomic E-state index is 0.109. The van der Waals surface area contributed by atoms with Gasteiger partial charge in [0, 0.05) is 5.75 Å². The van der Waals surface area contributed by atoms with Crippen LogP contribution in [0.25, 0.3) is 6.08 Å². The molecule has 1 rings (SSSR count). The molecule has 0 radical (unpaired) electrons. The zero-order valence-corrected chi connectivity index (χ0v) is 8.02. The number of phenolic OH excluding ortho intramolecular Hbond substituents is 1. The number of hydrogen-bond acceptors (Lipinski definition) is 2. The van der Waals surface area contributed by atoms with Gasteiger partial charge in [0.25, 0.3) is 0 Å². The molecule has 0 saturated heterocycles. The van der Waals surface area contributed by atoms with Crippen LogP contribution in [0.2, 0.25) is 5.02 Å². The second kappa shape index (κ2) is 4.43. The fourth-order valence-corrected chi connectivity index (χ4v) is 1.05. The molecule has 0 heterocycles. The summed E-state index contributed by atoms with van der Waals surface area (Å²) in [6.45, 7) is 0. The maximum atomic E-state index is 9.21. The lowest BCUT2D eigenvalue weighted by Crippen LogP contribution is -1.73. The van der Waals surface area contributed by atoms with Crippen molar-refractivity contribution >= 4 is 30.3 Å². The van der Waals surface area contributed by atoms with E-state index in [1.807, 2.05) is 18.2 Å². The topological polar surface area (TPSA) is 20.2 Å². The lowest BCUT2D eigenvalue weighted by Gasteiger charge is -1.97. The number of phenols is 1. The van der Waals surface area contributed by atoms with E-state index in [0.717, 1.165) is 5.56 Å². The third-order valence-corrected chi connectivity index (χ3v) is 1.92. The van der Waals surface area contributed by atoms with Gasteiger partial charge in [-0.25, -0.2) is 0 Å². The molecule has 0 aliphatic carbocycles. The van der Waals surface area contributed by atoms with Gasteiger partial charge >= 0.3 is 0 Å². The van der Waals surface area contributed by atoms with Gasteiger partial charge in [0.2, 0.25) is 0 Å². The van der Waals surface area contributed by atoms with E-state index in [1.54, 1.807) is 12.1 Å². The highest BCUT2D eigenvalue weighted by molar-refractivity contribution is 7.80. The Morgan fingerprint density at radius 3 is 2.83 bits per heavy atom. The van der Waals surface area contributed by atoms with Crippen molar-refractivity contribution in [3.05, 3.63) is 34.9 Å². The first-order valence-electron chi connectivity index (χ1n) is 3.50. The van der Waals surface area contributed by atoms with E-state index in [-0.39, 0.29) is 5.75 Å². The van der Waals surface area contributed by atoms with Crippen molar-refractivity contribution in [1.29, 1.82) is 0 Å². The molecule has 0 aromatic heterocycles. The van der Waals surface area contributed by atoms with Crippen LogP contribution in [-0.2, 0) is 0 Å². The Kier molecular flexibility index (Phi) is 3.50. The van der Waals surface area contributed by atoms with Crippen molar-refractivity contribution in [3.63, 3.8) is 0 Å². The average molecular weight is 201 g/mol. The summed E-state index contributed by atoms with van der Waals surface area (Å²) >= 11 is 9.65. The van der Waals surface area contributed by atoms with Gasteiger partial charge in [-0.2, -0.15) is 12.6 Å². The molecule has 12 heavy (non-hydrogen) atoms. The summed E-state index contributed by atoms with van der Waals surface area (Å²) in [6.07, 6.45) is 3.77. The van der Waals surface area contributed by atoms with Crippen LogP contribution in [0.5, 0.6) is 5.75 Å². The Hall–Kier alpha value is -0.600. The fourth-order valence-electron chi connectivity index (χ4n) is 0.822. The predicted molar refractivity (Wildman–Crippen MR) is 56.0 cm³/mol. The normalized spacial score (nSPS) is 10.8. The van der Waals surface area contributed by atoms with Crippen LogP contribution >= 0.6 is 24.2 Å². The van der Waals surface area contributed by atoms with Crippen LogP contribution in [0.1, 0.15) is 5.56 Å². The van der Waals surface area contributed by atoms with E-state index >= 15 is 0 Å². The SMILES string of the molecule is Oc1cc(C=CCS)ccc1Cl. The summed E-state index contributed by atoms with van der Waals surface area (Å²) in [6, 6.07) is 5.11. The Morgan fingerprint density at radius 1 is 1.50 bits per heavy atom. The van der Waals surface area contributed by atoms with Crippen LogP contribution in [0.4, 0.5) is 0 Å². The maximum absolute atomic E-state index is 9.21. The minimum Gasteiger partial charge on any atom is -0.506 e. The number of aromatic hydroxyl groups is 1. The molecule has 1 aromatic carbocycles. The number of thiol groups is 1. The Balaban J connectivity index is 2.89. The van der Waals surface area contributed by atoms with Crippen molar-refractivity contribution in [3.8, 4) is 5.75 Å². The lowest BCUT2D eigenvalue weighted by molar-refractivity contribution is 0.475. The van der Waals surface area contributed by atoms with Crippen LogP contribution < -0.4 is 0 Å². The maximum Gasteiger partial charge on any atom is 0.134 e. The molecule has 1 nitrogen and oxygen atoms in total. The van der Waals surface area contributed by atoms with Gasteiger partial charge in [0.15, 0.2) is 0 Å². The number of hydrogen-bond donors (Lipinski definition) is 2. The van der Waals surface area contributed by atoms with Gasteiger partial charge in [-0.3, -0.25) is 0 Å². The monoisotopic (exact) mass is 200 g/mol. The lowest BCUT2D eigenvalue weighted by atomic mass is 10.2. The standard InChI is InChI=1S/C9H9ClOS/c10-8-4-3-7(2-1-5-12)6-9(8)11/h1-4,6,11-12H,5H2. The molecule has 0 bridgehead atoms. The van der Waals surface area contributed by atoms with Gasteiger partial charge < -0.3 is 5.11 Å².